The van der Waals surface area contributed by atoms with Crippen LogP contribution in [0.15, 0.2) is 18.2 Å². The average molecular weight is 311 g/mol. The molecule has 1 aromatic rings. The van der Waals surface area contributed by atoms with Crippen LogP contribution in [0, 0.1) is 13.8 Å². The van der Waals surface area contributed by atoms with Crippen LogP contribution in [0.1, 0.15) is 73.4 Å². The predicted octanol–water partition coefficient (Wildman–Crippen LogP) is 6.49. The maximum Gasteiger partial charge on any atom is 0.0398 e. The molecule has 1 heteroatoms. The molecule has 0 saturated carbocycles. The summed E-state index contributed by atoms with van der Waals surface area (Å²) in [7, 11) is 0. The Morgan fingerprint density at radius 1 is 1.00 bits per heavy atom. The van der Waals surface area contributed by atoms with Gasteiger partial charge in [0.1, 0.15) is 0 Å². The van der Waals surface area contributed by atoms with Gasteiger partial charge in [0.2, 0.25) is 0 Å². The van der Waals surface area contributed by atoms with E-state index in [0.29, 0.717) is 4.83 Å². The first-order chi connectivity index (χ1) is 8.65. The van der Waals surface area contributed by atoms with Gasteiger partial charge in [-0.2, -0.15) is 0 Å². The highest BCUT2D eigenvalue weighted by molar-refractivity contribution is 9.09. The summed E-state index contributed by atoms with van der Waals surface area (Å²) in [6, 6.07) is 6.76. The van der Waals surface area contributed by atoms with E-state index < -0.39 is 0 Å². The van der Waals surface area contributed by atoms with Crippen molar-refractivity contribution in [2.24, 2.45) is 0 Å². The molecule has 102 valence electrons. The Bertz CT molecular complexity index is 343. The largest absolute Gasteiger partial charge is 0.0839 e. The molecule has 0 aliphatic carbocycles. The number of aryl methyl sites for hydroxylation is 2. The van der Waals surface area contributed by atoms with Gasteiger partial charge in [0, 0.05) is 4.83 Å². The Hall–Kier alpha value is -0.300. The van der Waals surface area contributed by atoms with Gasteiger partial charge in [0.15, 0.2) is 0 Å². The highest BCUT2D eigenvalue weighted by atomic mass is 79.9. The summed E-state index contributed by atoms with van der Waals surface area (Å²) in [4.78, 5) is 0.531. The van der Waals surface area contributed by atoms with Gasteiger partial charge in [-0.3, -0.25) is 0 Å². The van der Waals surface area contributed by atoms with Crippen molar-refractivity contribution < 1.29 is 0 Å². The van der Waals surface area contributed by atoms with Gasteiger partial charge in [-0.05, 0) is 31.4 Å². The van der Waals surface area contributed by atoms with Crippen LogP contribution in [0.2, 0.25) is 0 Å². The smallest absolute Gasteiger partial charge is 0.0398 e. The van der Waals surface area contributed by atoms with E-state index in [0.717, 1.165) is 0 Å². The Morgan fingerprint density at radius 3 is 2.39 bits per heavy atom. The van der Waals surface area contributed by atoms with Crippen LogP contribution in [-0.2, 0) is 0 Å². The minimum Gasteiger partial charge on any atom is -0.0839 e. The third-order valence-electron chi connectivity index (χ3n) is 3.58. The summed E-state index contributed by atoms with van der Waals surface area (Å²) in [6.07, 6.45) is 9.53. The van der Waals surface area contributed by atoms with Crippen molar-refractivity contribution in [1.29, 1.82) is 0 Å². The first kappa shape index (κ1) is 15.8. The van der Waals surface area contributed by atoms with Gasteiger partial charge >= 0.3 is 0 Å². The number of unbranched alkanes of at least 4 members (excludes halogenated alkanes) is 5. The molecule has 0 amide bonds. The van der Waals surface area contributed by atoms with Crippen LogP contribution in [0.4, 0.5) is 0 Å². The molecule has 0 heterocycles. The van der Waals surface area contributed by atoms with Gasteiger partial charge in [0.05, 0.1) is 0 Å². The summed E-state index contributed by atoms with van der Waals surface area (Å²) in [6.45, 7) is 6.66. The zero-order valence-electron chi connectivity index (χ0n) is 12.1. The molecule has 0 saturated heterocycles. The molecule has 0 nitrogen and oxygen atoms in total. The van der Waals surface area contributed by atoms with Crippen LogP contribution >= 0.6 is 15.9 Å². The lowest BCUT2D eigenvalue weighted by atomic mass is 9.99. The van der Waals surface area contributed by atoms with Crippen molar-refractivity contribution in [1.82, 2.24) is 0 Å². The fourth-order valence-electron chi connectivity index (χ4n) is 2.36. The highest BCUT2D eigenvalue weighted by Gasteiger charge is 2.09. The maximum atomic E-state index is 3.85. The fraction of sp³-hybridized carbons (Fsp3) is 0.647. The molecule has 0 aliphatic heterocycles. The lowest BCUT2D eigenvalue weighted by Gasteiger charge is -2.14. The van der Waals surface area contributed by atoms with Crippen LogP contribution in [-0.4, -0.2) is 0 Å². The predicted molar refractivity (Wildman–Crippen MR) is 85.6 cm³/mol. The van der Waals surface area contributed by atoms with E-state index in [9.17, 15) is 0 Å². The van der Waals surface area contributed by atoms with Crippen LogP contribution in [0.25, 0.3) is 0 Å². The Kier molecular flexibility index (Phi) is 7.65. The Morgan fingerprint density at radius 2 is 1.67 bits per heavy atom. The molecule has 1 atom stereocenters. The third kappa shape index (κ3) is 5.56. The normalized spacial score (nSPS) is 12.7. The molecule has 0 fully saturated rings. The molecule has 1 rings (SSSR count). The minimum atomic E-state index is 0.531. The zero-order chi connectivity index (χ0) is 13.4. The van der Waals surface area contributed by atoms with Crippen molar-refractivity contribution in [3.05, 3.63) is 34.9 Å². The van der Waals surface area contributed by atoms with Crippen LogP contribution < -0.4 is 0 Å². The molecule has 0 spiro atoms. The number of hydrogen-bond acceptors (Lipinski definition) is 0. The average Bonchev–Trinajstić information content (AvgIpc) is 2.36. The van der Waals surface area contributed by atoms with E-state index in [2.05, 4.69) is 54.9 Å². The Balaban J connectivity index is 2.31. The molecule has 1 aromatic carbocycles. The number of benzene rings is 1. The maximum absolute atomic E-state index is 3.85. The van der Waals surface area contributed by atoms with Gasteiger partial charge in [-0.25, -0.2) is 0 Å². The summed E-state index contributed by atoms with van der Waals surface area (Å²) >= 11 is 3.85. The molecule has 0 radical (unpaired) electrons. The summed E-state index contributed by atoms with van der Waals surface area (Å²) in [5.41, 5.74) is 4.25. The molecular weight excluding hydrogens is 284 g/mol. The lowest BCUT2D eigenvalue weighted by Crippen LogP contribution is -1.95. The van der Waals surface area contributed by atoms with Crippen molar-refractivity contribution in [2.75, 3.05) is 0 Å². The van der Waals surface area contributed by atoms with Gasteiger partial charge in [0.25, 0.3) is 0 Å². The first-order valence-corrected chi connectivity index (χ1v) is 8.28. The van der Waals surface area contributed by atoms with E-state index in [4.69, 9.17) is 0 Å². The van der Waals surface area contributed by atoms with Crippen molar-refractivity contribution in [3.63, 3.8) is 0 Å². The van der Waals surface area contributed by atoms with Gasteiger partial charge in [-0.1, -0.05) is 85.1 Å². The van der Waals surface area contributed by atoms with Crippen molar-refractivity contribution in [2.45, 2.75) is 70.5 Å². The molecule has 0 bridgehead atoms. The van der Waals surface area contributed by atoms with E-state index in [1.54, 1.807) is 0 Å². The molecule has 0 aromatic heterocycles. The quantitative estimate of drug-likeness (QED) is 0.380. The standard InChI is InChI=1S/C17H27Br/c1-4-5-6-7-8-9-10-17(18)16-13-14(2)11-12-15(16)3/h11-13,17H,4-10H2,1-3H3. The molecule has 1 unspecified atom stereocenters. The number of halogens is 1. The van der Waals surface area contributed by atoms with Gasteiger partial charge < -0.3 is 0 Å². The van der Waals surface area contributed by atoms with Crippen molar-refractivity contribution >= 4 is 15.9 Å². The van der Waals surface area contributed by atoms with Crippen LogP contribution in [0.3, 0.4) is 0 Å². The van der Waals surface area contributed by atoms with E-state index in [1.165, 1.54) is 61.6 Å². The van der Waals surface area contributed by atoms with Crippen molar-refractivity contribution in [3.8, 4) is 0 Å². The number of hydrogen-bond donors (Lipinski definition) is 0. The Labute approximate surface area is 121 Å². The SMILES string of the molecule is CCCCCCCCC(Br)c1cc(C)ccc1C. The van der Waals surface area contributed by atoms with E-state index >= 15 is 0 Å². The van der Waals surface area contributed by atoms with Crippen LogP contribution in [0.5, 0.6) is 0 Å². The molecule has 0 N–H and O–H groups in total. The summed E-state index contributed by atoms with van der Waals surface area (Å²) in [5.74, 6) is 0. The second kappa shape index (κ2) is 8.74. The number of alkyl halides is 1. The van der Waals surface area contributed by atoms with E-state index in [-0.39, 0.29) is 0 Å². The zero-order valence-corrected chi connectivity index (χ0v) is 13.7. The second-order valence-corrected chi connectivity index (χ2v) is 6.49. The third-order valence-corrected chi connectivity index (χ3v) is 4.53. The van der Waals surface area contributed by atoms with E-state index in [1.807, 2.05) is 0 Å². The fourth-order valence-corrected chi connectivity index (χ4v) is 3.17. The summed E-state index contributed by atoms with van der Waals surface area (Å²) in [5, 5.41) is 0. The molecule has 0 aliphatic rings. The second-order valence-electron chi connectivity index (χ2n) is 5.38. The lowest BCUT2D eigenvalue weighted by molar-refractivity contribution is 0.588. The van der Waals surface area contributed by atoms with Gasteiger partial charge in [-0.15, -0.1) is 0 Å². The monoisotopic (exact) mass is 310 g/mol. The molecule has 18 heavy (non-hydrogen) atoms. The first-order valence-electron chi connectivity index (χ1n) is 7.36. The minimum absolute atomic E-state index is 0.531. The summed E-state index contributed by atoms with van der Waals surface area (Å²) < 4.78 is 0. The topological polar surface area (TPSA) is 0 Å². The highest BCUT2D eigenvalue weighted by Crippen LogP contribution is 2.31. The number of rotatable bonds is 8. The molecular formula is C17H27Br.